The molecule has 0 aliphatic carbocycles. The summed E-state index contributed by atoms with van der Waals surface area (Å²) in [5.41, 5.74) is 0. The molecule has 0 radical (unpaired) electrons. The summed E-state index contributed by atoms with van der Waals surface area (Å²) in [6, 6.07) is 1.44. The SMILES string of the molecule is CCC(C)C1CN(C(C)CCSC)CCCN1. The number of thioether (sulfide) groups is 1. The fourth-order valence-corrected chi connectivity index (χ4v) is 3.09. The Morgan fingerprint density at radius 3 is 2.82 bits per heavy atom. The fourth-order valence-electron chi connectivity index (χ4n) is 2.52. The lowest BCUT2D eigenvalue weighted by atomic mass is 9.98. The van der Waals surface area contributed by atoms with Gasteiger partial charge in [-0.15, -0.1) is 0 Å². The minimum Gasteiger partial charge on any atom is -0.312 e. The van der Waals surface area contributed by atoms with E-state index < -0.39 is 0 Å². The molecule has 0 aromatic carbocycles. The maximum Gasteiger partial charge on any atom is 0.0220 e. The Morgan fingerprint density at radius 1 is 1.41 bits per heavy atom. The molecule has 3 heteroatoms. The van der Waals surface area contributed by atoms with Crippen molar-refractivity contribution >= 4 is 11.8 Å². The van der Waals surface area contributed by atoms with E-state index in [1.54, 1.807) is 0 Å². The van der Waals surface area contributed by atoms with Crippen LogP contribution >= 0.6 is 11.8 Å². The summed E-state index contributed by atoms with van der Waals surface area (Å²) in [5, 5.41) is 3.73. The van der Waals surface area contributed by atoms with Crippen LogP contribution in [0.2, 0.25) is 0 Å². The van der Waals surface area contributed by atoms with Crippen LogP contribution in [0.3, 0.4) is 0 Å². The molecule has 2 nitrogen and oxygen atoms in total. The van der Waals surface area contributed by atoms with Crippen molar-refractivity contribution in [3.05, 3.63) is 0 Å². The summed E-state index contributed by atoms with van der Waals surface area (Å²) >= 11 is 1.97. The highest BCUT2D eigenvalue weighted by Gasteiger charge is 2.24. The second-order valence-corrected chi connectivity index (χ2v) is 6.41. The second-order valence-electron chi connectivity index (χ2n) is 5.43. The average Bonchev–Trinajstić information content (AvgIpc) is 2.60. The van der Waals surface area contributed by atoms with Gasteiger partial charge in [0.1, 0.15) is 0 Å². The molecular weight excluding hydrogens is 228 g/mol. The highest BCUT2D eigenvalue weighted by atomic mass is 32.2. The van der Waals surface area contributed by atoms with E-state index in [0.717, 1.165) is 12.0 Å². The van der Waals surface area contributed by atoms with E-state index in [4.69, 9.17) is 0 Å². The molecule has 17 heavy (non-hydrogen) atoms. The van der Waals surface area contributed by atoms with Crippen molar-refractivity contribution in [2.24, 2.45) is 5.92 Å². The molecular formula is C14H30N2S. The number of hydrogen-bond donors (Lipinski definition) is 1. The first-order valence-electron chi connectivity index (χ1n) is 7.15. The molecule has 1 aliphatic heterocycles. The lowest BCUT2D eigenvalue weighted by Crippen LogP contribution is -2.44. The Labute approximate surface area is 112 Å². The van der Waals surface area contributed by atoms with Gasteiger partial charge in [0.15, 0.2) is 0 Å². The molecule has 1 heterocycles. The molecule has 0 amide bonds. The van der Waals surface area contributed by atoms with Gasteiger partial charge in [0.25, 0.3) is 0 Å². The zero-order chi connectivity index (χ0) is 12.7. The smallest absolute Gasteiger partial charge is 0.0220 e. The topological polar surface area (TPSA) is 15.3 Å². The molecule has 0 aromatic heterocycles. The van der Waals surface area contributed by atoms with Gasteiger partial charge < -0.3 is 5.32 Å². The third-order valence-corrected chi connectivity index (χ3v) is 4.80. The fraction of sp³-hybridized carbons (Fsp3) is 1.00. The zero-order valence-corrected chi connectivity index (χ0v) is 12.9. The van der Waals surface area contributed by atoms with E-state index in [9.17, 15) is 0 Å². The second kappa shape index (κ2) is 8.39. The van der Waals surface area contributed by atoms with E-state index in [1.807, 2.05) is 11.8 Å². The van der Waals surface area contributed by atoms with Crippen LogP contribution in [-0.4, -0.2) is 48.6 Å². The van der Waals surface area contributed by atoms with Crippen molar-refractivity contribution in [3.63, 3.8) is 0 Å². The van der Waals surface area contributed by atoms with Crippen LogP contribution in [0, 0.1) is 5.92 Å². The first-order chi connectivity index (χ1) is 8.19. The third-order valence-electron chi connectivity index (χ3n) is 4.15. The normalized spacial score (nSPS) is 26.5. The van der Waals surface area contributed by atoms with Crippen LogP contribution < -0.4 is 5.32 Å². The lowest BCUT2D eigenvalue weighted by molar-refractivity contribution is 0.184. The van der Waals surface area contributed by atoms with Crippen molar-refractivity contribution in [3.8, 4) is 0 Å². The predicted octanol–water partition coefficient (Wildman–Crippen LogP) is 2.84. The quantitative estimate of drug-likeness (QED) is 0.789. The zero-order valence-electron chi connectivity index (χ0n) is 12.0. The van der Waals surface area contributed by atoms with Crippen LogP contribution in [0.4, 0.5) is 0 Å². The first kappa shape index (κ1) is 15.3. The Balaban J connectivity index is 2.47. The van der Waals surface area contributed by atoms with Crippen molar-refractivity contribution in [2.45, 2.75) is 52.1 Å². The van der Waals surface area contributed by atoms with Crippen LogP contribution in [0.15, 0.2) is 0 Å². The Hall–Kier alpha value is 0.270. The van der Waals surface area contributed by atoms with E-state index in [1.165, 1.54) is 44.6 Å². The molecule has 1 rings (SSSR count). The largest absolute Gasteiger partial charge is 0.312 e. The van der Waals surface area contributed by atoms with Gasteiger partial charge in [-0.05, 0) is 50.8 Å². The van der Waals surface area contributed by atoms with Gasteiger partial charge in [-0.3, -0.25) is 4.90 Å². The predicted molar refractivity (Wildman–Crippen MR) is 79.9 cm³/mol. The van der Waals surface area contributed by atoms with Crippen LogP contribution in [-0.2, 0) is 0 Å². The van der Waals surface area contributed by atoms with E-state index in [2.05, 4.69) is 37.2 Å². The van der Waals surface area contributed by atoms with E-state index in [0.29, 0.717) is 6.04 Å². The highest BCUT2D eigenvalue weighted by Crippen LogP contribution is 2.16. The van der Waals surface area contributed by atoms with Crippen LogP contribution in [0.1, 0.15) is 40.0 Å². The number of hydrogen-bond acceptors (Lipinski definition) is 3. The summed E-state index contributed by atoms with van der Waals surface area (Å²) < 4.78 is 0. The summed E-state index contributed by atoms with van der Waals surface area (Å²) in [6.45, 7) is 10.8. The summed E-state index contributed by atoms with van der Waals surface area (Å²) in [4.78, 5) is 2.70. The molecule has 1 fully saturated rings. The molecule has 102 valence electrons. The maximum atomic E-state index is 3.73. The summed E-state index contributed by atoms with van der Waals surface area (Å²) in [7, 11) is 0. The molecule has 1 saturated heterocycles. The molecule has 3 atom stereocenters. The minimum atomic E-state index is 0.694. The van der Waals surface area contributed by atoms with Gasteiger partial charge in [0.2, 0.25) is 0 Å². The molecule has 3 unspecified atom stereocenters. The van der Waals surface area contributed by atoms with Crippen molar-refractivity contribution < 1.29 is 0 Å². The minimum absolute atomic E-state index is 0.694. The average molecular weight is 258 g/mol. The van der Waals surface area contributed by atoms with Crippen molar-refractivity contribution in [2.75, 3.05) is 31.6 Å². The molecule has 1 N–H and O–H groups in total. The molecule has 1 aliphatic rings. The standard InChI is InChI=1S/C14H30N2S/c1-5-12(2)14-11-16(9-6-8-15-14)13(3)7-10-17-4/h12-15H,5-11H2,1-4H3. The Bertz CT molecular complexity index is 199. The number of nitrogens with one attached hydrogen (secondary N) is 1. The van der Waals surface area contributed by atoms with Crippen molar-refractivity contribution in [1.82, 2.24) is 10.2 Å². The Morgan fingerprint density at radius 2 is 2.18 bits per heavy atom. The summed E-state index contributed by atoms with van der Waals surface area (Å²) in [5.74, 6) is 2.09. The molecule has 0 spiro atoms. The van der Waals surface area contributed by atoms with Crippen LogP contribution in [0.25, 0.3) is 0 Å². The van der Waals surface area contributed by atoms with Gasteiger partial charge in [0, 0.05) is 18.6 Å². The van der Waals surface area contributed by atoms with E-state index >= 15 is 0 Å². The molecule has 0 aromatic rings. The van der Waals surface area contributed by atoms with Gasteiger partial charge in [-0.1, -0.05) is 20.3 Å². The first-order valence-corrected chi connectivity index (χ1v) is 8.54. The molecule has 0 saturated carbocycles. The third kappa shape index (κ3) is 5.19. The summed E-state index contributed by atoms with van der Waals surface area (Å²) in [6.07, 6.45) is 6.12. The highest BCUT2D eigenvalue weighted by molar-refractivity contribution is 7.98. The molecule has 0 bridgehead atoms. The number of nitrogens with zero attached hydrogens (tertiary/aromatic N) is 1. The van der Waals surface area contributed by atoms with Gasteiger partial charge >= 0.3 is 0 Å². The number of rotatable bonds is 6. The van der Waals surface area contributed by atoms with Crippen LogP contribution in [0.5, 0.6) is 0 Å². The Kier molecular flexibility index (Phi) is 7.56. The monoisotopic (exact) mass is 258 g/mol. The lowest BCUT2D eigenvalue weighted by Gasteiger charge is -2.32. The maximum absolute atomic E-state index is 3.73. The van der Waals surface area contributed by atoms with Gasteiger partial charge in [0.05, 0.1) is 0 Å². The van der Waals surface area contributed by atoms with Gasteiger partial charge in [-0.25, -0.2) is 0 Å². The van der Waals surface area contributed by atoms with Gasteiger partial charge in [-0.2, -0.15) is 11.8 Å². The van der Waals surface area contributed by atoms with E-state index in [-0.39, 0.29) is 0 Å². The van der Waals surface area contributed by atoms with Crippen molar-refractivity contribution in [1.29, 1.82) is 0 Å².